The Kier molecular flexibility index (Phi) is 8.03. The molecule has 2 aromatic carbocycles. The first-order valence-corrected chi connectivity index (χ1v) is 9.82. The lowest BCUT2D eigenvalue weighted by Crippen LogP contribution is -2.33. The fourth-order valence-electron chi connectivity index (χ4n) is 2.39. The largest absolute Gasteiger partial charge is 0.496 e. The second-order valence-electron chi connectivity index (χ2n) is 5.52. The highest BCUT2D eigenvalue weighted by Gasteiger charge is 2.30. The summed E-state index contributed by atoms with van der Waals surface area (Å²) in [6, 6.07) is 4.62. The molecule has 2 rings (SSSR count). The first-order chi connectivity index (χ1) is 13.1. The number of halogens is 4. The average Bonchev–Trinajstić information content (AvgIpc) is 2.64. The van der Waals surface area contributed by atoms with E-state index in [1.165, 1.54) is 12.1 Å². The van der Waals surface area contributed by atoms with Crippen molar-refractivity contribution in [2.45, 2.75) is 12.2 Å². The topological polar surface area (TPSA) is 111 Å². The number of aliphatic hydroxyl groups excluding tert-OH is 2. The van der Waals surface area contributed by atoms with Crippen LogP contribution < -0.4 is 14.8 Å². The van der Waals surface area contributed by atoms with Crippen molar-refractivity contribution in [1.29, 1.82) is 0 Å². The second-order valence-corrected chi connectivity index (χ2v) is 7.55. The number of benzene rings is 2. The van der Waals surface area contributed by atoms with E-state index in [-0.39, 0.29) is 11.4 Å². The second kappa shape index (κ2) is 9.84. The predicted octanol–water partition coefficient (Wildman–Crippen LogP) is 2.58. The molecule has 0 saturated heterocycles. The Labute approximate surface area is 174 Å². The van der Waals surface area contributed by atoms with Crippen molar-refractivity contribution in [3.05, 3.63) is 50.9 Å². The Hall–Kier alpha value is -1.45. The van der Waals surface area contributed by atoms with E-state index in [0.717, 1.165) is 13.2 Å². The first kappa shape index (κ1) is 22.8. The lowest BCUT2D eigenvalue weighted by molar-refractivity contribution is 0.0210. The number of ether oxygens (including phenoxy) is 1. The molecule has 2 unspecified atom stereocenters. The quantitative estimate of drug-likeness (QED) is 0.264. The SMILES string of the molecule is COc1cc(F)c(F)c(Nc2ccc(I)cc2F)c1C(O)[C@H](O)CNS(=O)O. The Morgan fingerprint density at radius 2 is 1.89 bits per heavy atom. The van der Waals surface area contributed by atoms with E-state index in [1.807, 2.05) is 27.3 Å². The minimum Gasteiger partial charge on any atom is -0.496 e. The number of anilines is 2. The Morgan fingerprint density at radius 1 is 1.21 bits per heavy atom. The van der Waals surface area contributed by atoms with Gasteiger partial charge in [-0.15, -0.1) is 0 Å². The van der Waals surface area contributed by atoms with E-state index in [2.05, 4.69) is 5.32 Å². The summed E-state index contributed by atoms with van der Waals surface area (Å²) in [5.74, 6) is -3.83. The number of hydrogen-bond donors (Lipinski definition) is 5. The lowest BCUT2D eigenvalue weighted by Gasteiger charge is -2.24. The van der Waals surface area contributed by atoms with E-state index in [1.54, 1.807) is 0 Å². The summed E-state index contributed by atoms with van der Waals surface area (Å²) in [5.41, 5.74) is -1.24. The van der Waals surface area contributed by atoms with Crippen LogP contribution in [0.15, 0.2) is 24.3 Å². The summed E-state index contributed by atoms with van der Waals surface area (Å²) >= 11 is -0.599. The molecule has 7 nitrogen and oxygen atoms in total. The molecule has 0 fully saturated rings. The monoisotopic (exact) mass is 532 g/mol. The van der Waals surface area contributed by atoms with Gasteiger partial charge in [-0.1, -0.05) is 0 Å². The number of methoxy groups -OCH3 is 1. The molecule has 28 heavy (non-hydrogen) atoms. The molecule has 154 valence electrons. The number of nitrogens with one attached hydrogen (secondary N) is 2. The molecule has 0 aliphatic rings. The normalized spacial score (nSPS) is 14.4. The van der Waals surface area contributed by atoms with Gasteiger partial charge in [-0.25, -0.2) is 22.1 Å². The van der Waals surface area contributed by atoms with E-state index in [9.17, 15) is 27.6 Å². The molecule has 3 atom stereocenters. The minimum atomic E-state index is -2.47. The molecular weight excluding hydrogens is 516 g/mol. The number of rotatable bonds is 8. The minimum absolute atomic E-state index is 0.204. The molecule has 0 aliphatic heterocycles. The van der Waals surface area contributed by atoms with Gasteiger partial charge in [0.1, 0.15) is 17.7 Å². The highest BCUT2D eigenvalue weighted by atomic mass is 127. The number of aliphatic hydroxyl groups is 2. The molecule has 0 aromatic heterocycles. The fourth-order valence-corrected chi connectivity index (χ4v) is 3.15. The van der Waals surface area contributed by atoms with E-state index >= 15 is 0 Å². The maximum atomic E-state index is 14.5. The van der Waals surface area contributed by atoms with Crippen LogP contribution in [0.5, 0.6) is 5.75 Å². The van der Waals surface area contributed by atoms with Crippen molar-refractivity contribution in [2.24, 2.45) is 0 Å². The van der Waals surface area contributed by atoms with Crippen LogP contribution in [-0.4, -0.2) is 38.7 Å². The maximum Gasteiger partial charge on any atom is 0.231 e. The zero-order valence-corrected chi connectivity index (χ0v) is 17.2. The van der Waals surface area contributed by atoms with Gasteiger partial charge in [-0.2, -0.15) is 0 Å². The molecule has 0 saturated carbocycles. The van der Waals surface area contributed by atoms with Gasteiger partial charge in [0.05, 0.1) is 30.2 Å². The molecule has 0 spiro atoms. The maximum absolute atomic E-state index is 14.5. The summed E-state index contributed by atoms with van der Waals surface area (Å²) in [7, 11) is 1.13. The molecule has 0 bridgehead atoms. The molecular formula is C16H16F3IN2O5S. The Balaban J connectivity index is 2.53. The number of hydrogen-bond acceptors (Lipinski definition) is 5. The average molecular weight is 532 g/mol. The summed E-state index contributed by atoms with van der Waals surface area (Å²) in [6.45, 7) is -0.552. The first-order valence-electron chi connectivity index (χ1n) is 7.64. The van der Waals surface area contributed by atoms with Crippen LogP contribution in [0.4, 0.5) is 24.5 Å². The lowest BCUT2D eigenvalue weighted by atomic mass is 10.00. The van der Waals surface area contributed by atoms with Crippen LogP contribution in [0.2, 0.25) is 0 Å². The van der Waals surface area contributed by atoms with Crippen LogP contribution >= 0.6 is 22.6 Å². The van der Waals surface area contributed by atoms with Gasteiger partial charge < -0.3 is 20.3 Å². The van der Waals surface area contributed by atoms with Crippen molar-refractivity contribution < 1.29 is 36.9 Å². The molecule has 2 aromatic rings. The smallest absolute Gasteiger partial charge is 0.231 e. The summed E-state index contributed by atoms with van der Waals surface area (Å²) < 4.78 is 69.5. The summed E-state index contributed by atoms with van der Waals surface area (Å²) in [4.78, 5) is 0. The zero-order valence-electron chi connectivity index (χ0n) is 14.2. The standard InChI is InChI=1S/C16H16F3IN2O5S/c1-27-12-5-9(18)14(19)15(22-10-3-2-7(20)4-8(10)17)13(12)16(24)11(23)6-21-28(25)26/h2-5,11,16,21-24H,6H2,1H3,(H,25,26)/t11-,16?/m1/s1. The van der Waals surface area contributed by atoms with Gasteiger partial charge in [-0.3, -0.25) is 4.55 Å². The predicted molar refractivity (Wildman–Crippen MR) is 105 cm³/mol. The molecule has 0 radical (unpaired) electrons. The van der Waals surface area contributed by atoms with Gasteiger partial charge >= 0.3 is 0 Å². The molecule has 0 amide bonds. The van der Waals surface area contributed by atoms with Gasteiger partial charge in [0.2, 0.25) is 11.3 Å². The fraction of sp³-hybridized carbons (Fsp3) is 0.250. The third-order valence-electron chi connectivity index (χ3n) is 3.71. The molecule has 12 heteroatoms. The van der Waals surface area contributed by atoms with Crippen LogP contribution in [0, 0.1) is 21.0 Å². The molecule has 0 aliphatic carbocycles. The van der Waals surface area contributed by atoms with Gasteiger partial charge in [0.15, 0.2) is 11.6 Å². The van der Waals surface area contributed by atoms with Crippen molar-refractivity contribution in [3.8, 4) is 5.75 Å². The van der Waals surface area contributed by atoms with Crippen LogP contribution in [-0.2, 0) is 11.3 Å². The van der Waals surface area contributed by atoms with Gasteiger partial charge in [0, 0.05) is 16.2 Å². The van der Waals surface area contributed by atoms with Crippen molar-refractivity contribution in [2.75, 3.05) is 19.0 Å². The van der Waals surface area contributed by atoms with Gasteiger partial charge in [0.25, 0.3) is 0 Å². The van der Waals surface area contributed by atoms with Crippen LogP contribution in [0.3, 0.4) is 0 Å². The third kappa shape index (κ3) is 5.33. The van der Waals surface area contributed by atoms with Crippen molar-refractivity contribution in [1.82, 2.24) is 4.72 Å². The summed E-state index contributed by atoms with van der Waals surface area (Å²) in [6.07, 6.45) is -3.56. The highest BCUT2D eigenvalue weighted by Crippen LogP contribution is 2.39. The molecule has 5 N–H and O–H groups in total. The Bertz CT molecular complexity index is 890. The van der Waals surface area contributed by atoms with E-state index in [0.29, 0.717) is 9.64 Å². The van der Waals surface area contributed by atoms with E-state index in [4.69, 9.17) is 9.29 Å². The van der Waals surface area contributed by atoms with Crippen LogP contribution in [0.1, 0.15) is 11.7 Å². The van der Waals surface area contributed by atoms with Crippen LogP contribution in [0.25, 0.3) is 0 Å². The molecule has 0 heterocycles. The zero-order chi connectivity index (χ0) is 21.0. The Morgan fingerprint density at radius 3 is 2.46 bits per heavy atom. The third-order valence-corrected chi connectivity index (χ3v) is 4.79. The summed E-state index contributed by atoms with van der Waals surface area (Å²) in [5, 5.41) is 22.9. The van der Waals surface area contributed by atoms with Gasteiger partial charge in [-0.05, 0) is 40.8 Å². The van der Waals surface area contributed by atoms with Crippen molar-refractivity contribution >= 4 is 45.2 Å². The van der Waals surface area contributed by atoms with E-state index < -0.39 is 58.7 Å². The highest BCUT2D eigenvalue weighted by molar-refractivity contribution is 14.1. The van der Waals surface area contributed by atoms with Crippen molar-refractivity contribution in [3.63, 3.8) is 0 Å².